The van der Waals surface area contributed by atoms with Crippen LogP contribution in [-0.2, 0) is 6.42 Å². The van der Waals surface area contributed by atoms with Gasteiger partial charge in [0.05, 0.1) is 21.4 Å². The quantitative estimate of drug-likeness (QED) is 0.637. The van der Waals surface area contributed by atoms with Crippen molar-refractivity contribution in [2.45, 2.75) is 20.3 Å². The number of halogens is 2. The molecule has 2 amide bonds. The summed E-state index contributed by atoms with van der Waals surface area (Å²) in [5.74, 6) is 1.45. The molecule has 3 N–H and O–H groups in total. The van der Waals surface area contributed by atoms with E-state index in [1.807, 2.05) is 12.1 Å². The average molecular weight is 443 g/mol. The Bertz CT molecular complexity index is 1110. The molecule has 0 atom stereocenters. The van der Waals surface area contributed by atoms with Crippen LogP contribution in [0.3, 0.4) is 0 Å². The molecule has 0 radical (unpaired) electrons. The van der Waals surface area contributed by atoms with Crippen LogP contribution in [0.1, 0.15) is 25.0 Å². The third-order valence-electron chi connectivity index (χ3n) is 4.97. The van der Waals surface area contributed by atoms with Gasteiger partial charge in [-0.2, -0.15) is 5.01 Å². The van der Waals surface area contributed by atoms with Gasteiger partial charge in [-0.25, -0.2) is 4.79 Å². The van der Waals surface area contributed by atoms with Crippen molar-refractivity contribution in [1.82, 2.24) is 5.32 Å². The maximum atomic E-state index is 12.2. The van der Waals surface area contributed by atoms with Gasteiger partial charge >= 0.3 is 6.03 Å². The molecule has 0 saturated heterocycles. The molecule has 8 heteroatoms. The first-order valence-corrected chi connectivity index (χ1v) is 10.1. The lowest BCUT2D eigenvalue weighted by molar-refractivity contribution is 0.248. The molecule has 1 aliphatic carbocycles. The Kier molecular flexibility index (Phi) is 5.22. The molecular weight excluding hydrogens is 423 g/mol. The van der Waals surface area contributed by atoms with Crippen molar-refractivity contribution in [1.29, 1.82) is 0 Å². The molecule has 2 aromatic carbocycles. The highest BCUT2D eigenvalue weighted by molar-refractivity contribution is 6.37. The summed E-state index contributed by atoms with van der Waals surface area (Å²) < 4.78 is 6.02. The number of anilines is 1. The van der Waals surface area contributed by atoms with Crippen LogP contribution in [0.4, 0.5) is 10.5 Å². The second-order valence-electron chi connectivity index (χ2n) is 7.38. The lowest BCUT2D eigenvalue weighted by Gasteiger charge is -2.24. The van der Waals surface area contributed by atoms with Gasteiger partial charge in [-0.1, -0.05) is 55.8 Å². The summed E-state index contributed by atoms with van der Waals surface area (Å²) in [6.45, 7) is 7.96. The Labute approximate surface area is 184 Å². The molecule has 154 valence electrons. The predicted octanol–water partition coefficient (Wildman–Crippen LogP) is 5.70. The third-order valence-corrected chi connectivity index (χ3v) is 5.53. The molecule has 0 unspecified atom stereocenters. The topological polar surface area (TPSA) is 80.0 Å². The molecule has 2 aromatic rings. The molecule has 4 rings (SSSR count). The molecule has 0 saturated carbocycles. The van der Waals surface area contributed by atoms with Gasteiger partial charge in [-0.15, -0.1) is 5.10 Å². The fraction of sp³-hybridized carbons (Fsp3) is 0.182. The number of benzene rings is 2. The number of nitrogens with two attached hydrogens (primary N) is 1. The van der Waals surface area contributed by atoms with E-state index in [-0.39, 0.29) is 21.6 Å². The summed E-state index contributed by atoms with van der Waals surface area (Å²) in [7, 11) is 0. The number of hydrogen-bond acceptors (Lipinski definition) is 4. The van der Waals surface area contributed by atoms with E-state index in [9.17, 15) is 4.79 Å². The molecular formula is C22H20Cl2N4O2. The highest BCUT2D eigenvalue weighted by Crippen LogP contribution is 2.42. The fourth-order valence-corrected chi connectivity index (χ4v) is 4.01. The van der Waals surface area contributed by atoms with Crippen molar-refractivity contribution >= 4 is 46.3 Å². The summed E-state index contributed by atoms with van der Waals surface area (Å²) in [4.78, 5) is 12.2. The number of hydrazone groups is 1. The largest absolute Gasteiger partial charge is 0.454 e. The van der Waals surface area contributed by atoms with E-state index in [2.05, 4.69) is 43.0 Å². The van der Waals surface area contributed by atoms with Crippen LogP contribution in [-0.4, -0.2) is 11.9 Å². The summed E-state index contributed by atoms with van der Waals surface area (Å²) >= 11 is 12.9. The number of amidine groups is 1. The Morgan fingerprint density at radius 1 is 1.23 bits per heavy atom. The van der Waals surface area contributed by atoms with Crippen LogP contribution in [0.2, 0.25) is 10.0 Å². The first-order chi connectivity index (χ1) is 14.2. The third kappa shape index (κ3) is 3.64. The minimum atomic E-state index is -0.512. The average Bonchev–Trinajstić information content (AvgIpc) is 3.11. The van der Waals surface area contributed by atoms with Crippen LogP contribution in [0.5, 0.6) is 11.5 Å². The van der Waals surface area contributed by atoms with Crippen molar-refractivity contribution in [3.05, 3.63) is 69.9 Å². The number of nitrogens with zero attached hydrogens (tertiary/aromatic N) is 2. The lowest BCUT2D eigenvalue weighted by Crippen LogP contribution is -2.45. The van der Waals surface area contributed by atoms with Gasteiger partial charge in [-0.05, 0) is 53.3 Å². The summed E-state index contributed by atoms with van der Waals surface area (Å²) in [5, 5.41) is 8.10. The Morgan fingerprint density at radius 2 is 1.93 bits per heavy atom. The zero-order chi connectivity index (χ0) is 21.6. The molecule has 1 heterocycles. The summed E-state index contributed by atoms with van der Waals surface area (Å²) in [5.41, 5.74) is 10.1. The first kappa shape index (κ1) is 20.3. The van der Waals surface area contributed by atoms with Gasteiger partial charge in [0.1, 0.15) is 5.75 Å². The van der Waals surface area contributed by atoms with Crippen LogP contribution in [0.25, 0.3) is 5.57 Å². The molecule has 30 heavy (non-hydrogen) atoms. The zero-order valence-electron chi connectivity index (χ0n) is 16.5. The number of allylic oxidation sites excluding steroid dienone is 2. The lowest BCUT2D eigenvalue weighted by atomic mass is 9.97. The van der Waals surface area contributed by atoms with Crippen molar-refractivity contribution in [3.63, 3.8) is 0 Å². The minimum Gasteiger partial charge on any atom is -0.454 e. The van der Waals surface area contributed by atoms with Gasteiger partial charge in [-0.3, -0.25) is 0 Å². The molecule has 2 aliphatic rings. The van der Waals surface area contributed by atoms with E-state index < -0.39 is 6.03 Å². The molecule has 0 spiro atoms. The van der Waals surface area contributed by atoms with Gasteiger partial charge < -0.3 is 15.8 Å². The second kappa shape index (κ2) is 7.70. The van der Waals surface area contributed by atoms with Crippen LogP contribution >= 0.6 is 23.2 Å². The standard InChI is InChI=1S/C22H20Cl2N4O2/c1-11(2)16-7-5-13-4-6-15(10-17(13)16)30-20-18(23)8-14(9-19(20)24)28-22(29)26-12(3)21(25)27-28/h4,6-11H,3,5H2,1-2H3,(H2,25,27)(H,26,29). The number of ether oxygens (including phenoxy) is 1. The maximum absolute atomic E-state index is 12.2. The van der Waals surface area contributed by atoms with Gasteiger partial charge in [0.25, 0.3) is 0 Å². The van der Waals surface area contributed by atoms with Crippen molar-refractivity contribution in [3.8, 4) is 11.5 Å². The highest BCUT2D eigenvalue weighted by atomic mass is 35.5. The predicted molar refractivity (Wildman–Crippen MR) is 121 cm³/mol. The number of rotatable bonds is 4. The number of carbonyl (C=O) groups is 1. The van der Waals surface area contributed by atoms with Crippen LogP contribution in [0, 0.1) is 5.92 Å². The zero-order valence-corrected chi connectivity index (χ0v) is 18.0. The number of nitrogens with one attached hydrogen (secondary N) is 1. The number of amides is 2. The second-order valence-corrected chi connectivity index (χ2v) is 8.20. The van der Waals surface area contributed by atoms with E-state index in [0.717, 1.165) is 11.4 Å². The molecule has 0 fully saturated rings. The van der Waals surface area contributed by atoms with Crippen LogP contribution < -0.4 is 20.8 Å². The number of carbonyl (C=O) groups excluding carboxylic acids is 1. The van der Waals surface area contributed by atoms with Gasteiger partial charge in [0.2, 0.25) is 0 Å². The number of urea groups is 1. The maximum Gasteiger partial charge on any atom is 0.347 e. The number of fused-ring (bicyclic) bond motifs is 1. The normalized spacial score (nSPS) is 15.7. The van der Waals surface area contributed by atoms with Gasteiger partial charge in [0.15, 0.2) is 11.6 Å². The fourth-order valence-electron chi connectivity index (χ4n) is 3.46. The minimum absolute atomic E-state index is 0.0920. The van der Waals surface area contributed by atoms with Crippen LogP contribution in [0.15, 0.2) is 53.8 Å². The monoisotopic (exact) mass is 442 g/mol. The van der Waals surface area contributed by atoms with E-state index in [1.54, 1.807) is 12.1 Å². The van der Waals surface area contributed by atoms with Crippen molar-refractivity contribution in [2.24, 2.45) is 16.8 Å². The molecule has 0 bridgehead atoms. The van der Waals surface area contributed by atoms with E-state index >= 15 is 0 Å². The molecule has 1 aliphatic heterocycles. The smallest absolute Gasteiger partial charge is 0.347 e. The summed E-state index contributed by atoms with van der Waals surface area (Å²) in [6.07, 6.45) is 3.17. The molecule has 0 aromatic heterocycles. The van der Waals surface area contributed by atoms with Crippen molar-refractivity contribution < 1.29 is 9.53 Å². The SMILES string of the molecule is C=C1NC(=O)N(c2cc(Cl)c(Oc3ccc4c(c3)C(C(C)C)=CC4)c(Cl)c2)N=C1N. The highest BCUT2D eigenvalue weighted by Gasteiger charge is 2.25. The Morgan fingerprint density at radius 3 is 2.60 bits per heavy atom. The summed E-state index contributed by atoms with van der Waals surface area (Å²) in [6, 6.07) is 8.52. The van der Waals surface area contributed by atoms with E-state index in [4.69, 9.17) is 33.7 Å². The Hall–Kier alpha value is -2.96. The number of hydrogen-bond donors (Lipinski definition) is 2. The van der Waals surface area contributed by atoms with Gasteiger partial charge in [0, 0.05) is 0 Å². The van der Waals surface area contributed by atoms with Crippen molar-refractivity contribution in [2.75, 3.05) is 5.01 Å². The first-order valence-electron chi connectivity index (χ1n) is 9.39. The Balaban J connectivity index is 1.64. The van der Waals surface area contributed by atoms with E-state index in [0.29, 0.717) is 23.1 Å². The van der Waals surface area contributed by atoms with E-state index in [1.165, 1.54) is 16.7 Å². The molecule has 6 nitrogen and oxygen atoms in total.